The van der Waals surface area contributed by atoms with Gasteiger partial charge in [0.1, 0.15) is 0 Å². The topological polar surface area (TPSA) is 58.2 Å². The van der Waals surface area contributed by atoms with Crippen LogP contribution < -0.4 is 10.6 Å². The quantitative estimate of drug-likeness (QED) is 0.729. The number of benzene rings is 2. The van der Waals surface area contributed by atoms with E-state index in [1.165, 1.54) is 6.26 Å². The Morgan fingerprint density at radius 1 is 1.20 bits per heavy atom. The molecular formula is C18H21ClN2O2S2. The predicted molar refractivity (Wildman–Crippen MR) is 108 cm³/mol. The van der Waals surface area contributed by atoms with Gasteiger partial charge in [-0.1, -0.05) is 36.7 Å². The maximum absolute atomic E-state index is 11.6. The minimum atomic E-state index is -3.19. The average Bonchev–Trinajstić information content (AvgIpc) is 2.55. The van der Waals surface area contributed by atoms with Crippen LogP contribution in [-0.2, 0) is 9.84 Å². The van der Waals surface area contributed by atoms with Crippen LogP contribution in [0.15, 0.2) is 47.4 Å². The van der Waals surface area contributed by atoms with Crippen molar-refractivity contribution >= 4 is 44.5 Å². The van der Waals surface area contributed by atoms with E-state index in [4.69, 9.17) is 23.8 Å². The van der Waals surface area contributed by atoms with Gasteiger partial charge in [0, 0.05) is 17.0 Å². The first-order valence-electron chi connectivity index (χ1n) is 7.84. The number of thiocarbonyl (C=S) groups is 1. The second-order valence-corrected chi connectivity index (χ2v) is 8.70. The van der Waals surface area contributed by atoms with Gasteiger partial charge in [0.05, 0.1) is 10.9 Å². The first kappa shape index (κ1) is 19.7. The number of hydrogen-bond acceptors (Lipinski definition) is 3. The lowest BCUT2D eigenvalue weighted by atomic mass is 10.1. The first-order chi connectivity index (χ1) is 11.7. The second kappa shape index (κ2) is 8.17. The molecule has 0 aliphatic heterocycles. The smallest absolute Gasteiger partial charge is 0.175 e. The molecule has 2 aromatic carbocycles. The summed E-state index contributed by atoms with van der Waals surface area (Å²) in [4.78, 5) is 0.307. The molecule has 0 saturated heterocycles. The average molecular weight is 397 g/mol. The van der Waals surface area contributed by atoms with Crippen molar-refractivity contribution in [2.75, 3.05) is 11.6 Å². The molecule has 2 N–H and O–H groups in total. The molecule has 0 bridgehead atoms. The Morgan fingerprint density at radius 2 is 1.84 bits per heavy atom. The summed E-state index contributed by atoms with van der Waals surface area (Å²) in [5, 5.41) is 7.53. The van der Waals surface area contributed by atoms with E-state index in [0.717, 1.165) is 23.2 Å². The van der Waals surface area contributed by atoms with E-state index in [1.54, 1.807) is 12.1 Å². The molecule has 2 aromatic rings. The van der Waals surface area contributed by atoms with E-state index in [9.17, 15) is 8.42 Å². The molecule has 2 rings (SSSR count). The third-order valence-corrected chi connectivity index (χ3v) is 5.61. The summed E-state index contributed by atoms with van der Waals surface area (Å²) in [6.07, 6.45) is 2.00. The lowest BCUT2D eigenvalue weighted by Gasteiger charge is -2.20. The zero-order valence-corrected chi connectivity index (χ0v) is 16.7. The van der Waals surface area contributed by atoms with Crippen LogP contribution in [0.1, 0.15) is 30.5 Å². The highest BCUT2D eigenvalue weighted by Crippen LogP contribution is 2.22. The van der Waals surface area contributed by atoms with Crippen LogP contribution in [0.5, 0.6) is 0 Å². The van der Waals surface area contributed by atoms with Crippen LogP contribution in [0, 0.1) is 6.92 Å². The van der Waals surface area contributed by atoms with Crippen LogP contribution in [-0.4, -0.2) is 19.8 Å². The monoisotopic (exact) mass is 396 g/mol. The van der Waals surface area contributed by atoms with E-state index in [2.05, 4.69) is 10.6 Å². The predicted octanol–water partition coefficient (Wildman–Crippen LogP) is 4.49. The molecule has 0 aliphatic rings. The molecule has 0 fully saturated rings. The van der Waals surface area contributed by atoms with Gasteiger partial charge in [0.25, 0.3) is 0 Å². The molecule has 0 spiro atoms. The fourth-order valence-corrected chi connectivity index (χ4v) is 3.44. The zero-order valence-electron chi connectivity index (χ0n) is 14.3. The molecule has 134 valence electrons. The Labute approximate surface area is 159 Å². The maximum Gasteiger partial charge on any atom is 0.175 e. The Kier molecular flexibility index (Phi) is 6.43. The van der Waals surface area contributed by atoms with Crippen molar-refractivity contribution in [2.45, 2.75) is 31.2 Å². The summed E-state index contributed by atoms with van der Waals surface area (Å²) in [7, 11) is -3.19. The number of rotatable bonds is 5. The first-order valence-corrected chi connectivity index (χ1v) is 10.5. The van der Waals surface area contributed by atoms with E-state index in [-0.39, 0.29) is 6.04 Å². The molecule has 25 heavy (non-hydrogen) atoms. The minimum absolute atomic E-state index is 0.0190. The van der Waals surface area contributed by atoms with Gasteiger partial charge in [-0.25, -0.2) is 8.42 Å². The number of hydrogen-bond donors (Lipinski definition) is 2. The van der Waals surface area contributed by atoms with Crippen molar-refractivity contribution in [1.29, 1.82) is 0 Å². The van der Waals surface area contributed by atoms with E-state index in [0.29, 0.717) is 15.0 Å². The third kappa shape index (κ3) is 5.42. The highest BCUT2D eigenvalue weighted by atomic mass is 35.5. The standard InChI is InChI=1S/C18H21ClN2O2S2/c1-4-17(13-6-9-15(10-7-13)25(3,22)23)21-18(24)20-14-8-5-12(2)16(19)11-14/h5-11,17H,4H2,1-3H3,(H2,20,21,24). The van der Waals surface area contributed by atoms with Crippen LogP contribution >= 0.6 is 23.8 Å². The molecule has 0 amide bonds. The zero-order chi connectivity index (χ0) is 18.6. The lowest BCUT2D eigenvalue weighted by Crippen LogP contribution is -2.32. The van der Waals surface area contributed by atoms with Gasteiger partial charge in [-0.2, -0.15) is 0 Å². The molecule has 7 heteroatoms. The summed E-state index contributed by atoms with van der Waals surface area (Å²) in [5.41, 5.74) is 2.79. The van der Waals surface area contributed by atoms with Crippen molar-refractivity contribution < 1.29 is 8.42 Å². The van der Waals surface area contributed by atoms with Gasteiger partial charge >= 0.3 is 0 Å². The van der Waals surface area contributed by atoms with Crippen molar-refractivity contribution in [1.82, 2.24) is 5.32 Å². The molecule has 0 saturated carbocycles. The largest absolute Gasteiger partial charge is 0.356 e. The molecule has 4 nitrogen and oxygen atoms in total. The van der Waals surface area contributed by atoms with Gasteiger partial charge < -0.3 is 10.6 Å². The van der Waals surface area contributed by atoms with Crippen molar-refractivity contribution in [3.63, 3.8) is 0 Å². The Bertz CT molecular complexity index is 865. The molecule has 0 aliphatic carbocycles. The van der Waals surface area contributed by atoms with Gasteiger partial charge in [0.2, 0.25) is 0 Å². The Hall–Kier alpha value is -1.63. The summed E-state index contributed by atoms with van der Waals surface area (Å²) < 4.78 is 23.1. The molecular weight excluding hydrogens is 376 g/mol. The normalized spacial score (nSPS) is 12.5. The lowest BCUT2D eigenvalue weighted by molar-refractivity contribution is 0.601. The number of anilines is 1. The van der Waals surface area contributed by atoms with Gasteiger partial charge in [-0.15, -0.1) is 0 Å². The molecule has 1 unspecified atom stereocenters. The highest BCUT2D eigenvalue weighted by molar-refractivity contribution is 7.90. The summed E-state index contributed by atoms with van der Waals surface area (Å²) in [6.45, 7) is 3.98. The van der Waals surface area contributed by atoms with Crippen molar-refractivity contribution in [3.05, 3.63) is 58.6 Å². The van der Waals surface area contributed by atoms with Gasteiger partial charge in [-0.3, -0.25) is 0 Å². The number of halogens is 1. The number of nitrogens with one attached hydrogen (secondary N) is 2. The highest BCUT2D eigenvalue weighted by Gasteiger charge is 2.13. The summed E-state index contributed by atoms with van der Waals surface area (Å²) in [6, 6.07) is 12.5. The van der Waals surface area contributed by atoms with E-state index >= 15 is 0 Å². The maximum atomic E-state index is 11.6. The fourth-order valence-electron chi connectivity index (χ4n) is 2.36. The van der Waals surface area contributed by atoms with Gasteiger partial charge in [-0.05, 0) is 61.0 Å². The fraction of sp³-hybridized carbons (Fsp3) is 0.278. The summed E-state index contributed by atoms with van der Waals surface area (Å²) in [5.74, 6) is 0. The molecule has 1 atom stereocenters. The van der Waals surface area contributed by atoms with Crippen LogP contribution in [0.25, 0.3) is 0 Å². The number of aryl methyl sites for hydroxylation is 1. The Morgan fingerprint density at radius 3 is 2.36 bits per heavy atom. The van der Waals surface area contributed by atoms with Crippen LogP contribution in [0.3, 0.4) is 0 Å². The third-order valence-electron chi connectivity index (χ3n) is 3.85. The molecule has 0 heterocycles. The molecule has 0 radical (unpaired) electrons. The van der Waals surface area contributed by atoms with Crippen LogP contribution in [0.4, 0.5) is 5.69 Å². The summed E-state index contributed by atoms with van der Waals surface area (Å²) >= 11 is 11.5. The van der Waals surface area contributed by atoms with E-state index < -0.39 is 9.84 Å². The Balaban J connectivity index is 2.08. The van der Waals surface area contributed by atoms with Crippen molar-refractivity contribution in [2.24, 2.45) is 0 Å². The van der Waals surface area contributed by atoms with Gasteiger partial charge in [0.15, 0.2) is 14.9 Å². The minimum Gasteiger partial charge on any atom is -0.356 e. The molecule has 0 aromatic heterocycles. The SMILES string of the molecule is CCC(NC(=S)Nc1ccc(C)c(Cl)c1)c1ccc(S(C)(=O)=O)cc1. The van der Waals surface area contributed by atoms with Crippen molar-refractivity contribution in [3.8, 4) is 0 Å². The second-order valence-electron chi connectivity index (χ2n) is 5.86. The number of sulfone groups is 1. The van der Waals surface area contributed by atoms with E-state index in [1.807, 2.05) is 44.2 Å². The van der Waals surface area contributed by atoms with Crippen LogP contribution in [0.2, 0.25) is 5.02 Å².